The van der Waals surface area contributed by atoms with Gasteiger partial charge in [-0.15, -0.1) is 0 Å². The number of aryl methyl sites for hydroxylation is 1. The van der Waals surface area contributed by atoms with Crippen LogP contribution in [0.4, 0.5) is 26.6 Å². The van der Waals surface area contributed by atoms with Gasteiger partial charge in [0.2, 0.25) is 5.95 Å². The number of anilines is 3. The number of nitrogens with one attached hydrogen (secondary N) is 1. The molecule has 50 heavy (non-hydrogen) atoms. The minimum absolute atomic E-state index is 0.0118. The van der Waals surface area contributed by atoms with Gasteiger partial charge in [-0.05, 0) is 74.9 Å². The van der Waals surface area contributed by atoms with E-state index >= 15 is 4.39 Å². The smallest absolute Gasteiger partial charge is 0.421 e. The number of hydrogen-bond donors (Lipinski definition) is 1. The minimum Gasteiger partial charge on any atom is -0.497 e. The van der Waals surface area contributed by atoms with Crippen LogP contribution < -0.4 is 33.9 Å². The van der Waals surface area contributed by atoms with E-state index < -0.39 is 11.9 Å². The Morgan fingerprint density at radius 3 is 2.34 bits per heavy atom. The Morgan fingerprint density at radius 1 is 0.900 bits per heavy atom. The average Bonchev–Trinajstić information content (AvgIpc) is 3.11. The third kappa shape index (κ3) is 9.30. The maximum atomic E-state index is 15.1. The largest absolute Gasteiger partial charge is 0.497 e. The Bertz CT molecular complexity index is 1750. The second-order valence-electron chi connectivity index (χ2n) is 12.1. The molecule has 3 aromatic carbocycles. The van der Waals surface area contributed by atoms with Gasteiger partial charge in [-0.25, -0.2) is 14.2 Å². The Labute approximate surface area is 292 Å². The number of carbonyl (C=O) groups is 1. The summed E-state index contributed by atoms with van der Waals surface area (Å²) in [6.07, 6.45) is 0.772. The fourth-order valence-corrected chi connectivity index (χ4v) is 5.60. The lowest BCUT2D eigenvalue weighted by Crippen LogP contribution is -2.49. The van der Waals surface area contributed by atoms with Gasteiger partial charge in [0, 0.05) is 62.3 Å². The molecule has 12 nitrogen and oxygen atoms in total. The first-order chi connectivity index (χ1) is 24.2. The molecule has 1 N–H and O–H groups in total. The standard InChI is InChI=1S/C37H45FN6O6/c1-25(2)43-17-15-42(16-18-43)19-20-49-32-11-8-28(23-30(32)38)40-36-39-14-13-35(41-36)44(24-27-22-29(46-4)9-12-31(27)47-5)37(45)50-34-21-26(3)7-10-33(34)48-6/h7-14,21-23,25H,15-20,24H2,1-6H3,(H,39,40,41). The maximum Gasteiger partial charge on any atom is 0.421 e. The van der Waals surface area contributed by atoms with Crippen molar-refractivity contribution < 1.29 is 32.9 Å². The zero-order chi connectivity index (χ0) is 35.6. The van der Waals surface area contributed by atoms with Crippen LogP contribution in [0.25, 0.3) is 0 Å². The number of carbonyl (C=O) groups excluding carboxylic acids is 1. The molecule has 0 aliphatic carbocycles. The van der Waals surface area contributed by atoms with Crippen LogP contribution in [-0.4, -0.2) is 92.6 Å². The Balaban J connectivity index is 1.32. The number of hydrogen-bond acceptors (Lipinski definition) is 11. The van der Waals surface area contributed by atoms with Crippen molar-refractivity contribution >= 4 is 23.5 Å². The highest BCUT2D eigenvalue weighted by molar-refractivity contribution is 5.88. The van der Waals surface area contributed by atoms with Crippen molar-refractivity contribution in [3.63, 3.8) is 0 Å². The monoisotopic (exact) mass is 688 g/mol. The average molecular weight is 689 g/mol. The summed E-state index contributed by atoms with van der Waals surface area (Å²) < 4.78 is 43.2. The van der Waals surface area contributed by atoms with E-state index in [1.54, 1.807) is 62.8 Å². The molecule has 0 bridgehead atoms. The highest BCUT2D eigenvalue weighted by Gasteiger charge is 2.24. The van der Waals surface area contributed by atoms with Crippen LogP contribution in [0.3, 0.4) is 0 Å². The molecule has 1 aromatic heterocycles. The molecule has 5 rings (SSSR count). The number of ether oxygens (including phenoxy) is 5. The highest BCUT2D eigenvalue weighted by Crippen LogP contribution is 2.31. The quantitative estimate of drug-likeness (QED) is 0.161. The van der Waals surface area contributed by atoms with Crippen LogP contribution in [0.1, 0.15) is 25.0 Å². The molecule has 4 aromatic rings. The van der Waals surface area contributed by atoms with Crippen molar-refractivity contribution in [1.29, 1.82) is 0 Å². The van der Waals surface area contributed by atoms with Crippen molar-refractivity contribution in [1.82, 2.24) is 19.8 Å². The third-order valence-electron chi connectivity index (χ3n) is 8.46. The lowest BCUT2D eigenvalue weighted by atomic mass is 10.1. The van der Waals surface area contributed by atoms with Crippen molar-refractivity contribution in [3.05, 3.63) is 83.8 Å². The van der Waals surface area contributed by atoms with Crippen molar-refractivity contribution in [3.8, 4) is 28.7 Å². The molecule has 0 spiro atoms. The van der Waals surface area contributed by atoms with Crippen molar-refractivity contribution in [2.45, 2.75) is 33.4 Å². The summed E-state index contributed by atoms with van der Waals surface area (Å²) in [6.45, 7) is 11.4. The van der Waals surface area contributed by atoms with Gasteiger partial charge in [-0.1, -0.05) is 6.07 Å². The lowest BCUT2D eigenvalue weighted by molar-refractivity contribution is 0.0965. The van der Waals surface area contributed by atoms with Crippen LogP contribution in [0, 0.1) is 12.7 Å². The molecule has 1 aliphatic rings. The summed E-state index contributed by atoms with van der Waals surface area (Å²) in [5, 5.41) is 3.03. The van der Waals surface area contributed by atoms with Gasteiger partial charge in [-0.3, -0.25) is 14.7 Å². The summed E-state index contributed by atoms with van der Waals surface area (Å²) in [5.41, 5.74) is 1.93. The number of halogens is 1. The van der Waals surface area contributed by atoms with E-state index in [0.29, 0.717) is 41.1 Å². The lowest BCUT2D eigenvalue weighted by Gasteiger charge is -2.36. The molecule has 1 aliphatic heterocycles. The van der Waals surface area contributed by atoms with Crippen LogP contribution in [-0.2, 0) is 6.54 Å². The first-order valence-corrected chi connectivity index (χ1v) is 16.5. The zero-order valence-corrected chi connectivity index (χ0v) is 29.4. The predicted molar refractivity (Wildman–Crippen MR) is 190 cm³/mol. The van der Waals surface area contributed by atoms with Gasteiger partial charge >= 0.3 is 6.09 Å². The first kappa shape index (κ1) is 36.1. The molecule has 13 heteroatoms. The molecule has 0 saturated carbocycles. The van der Waals surface area contributed by atoms with Gasteiger partial charge in [0.25, 0.3) is 0 Å². The van der Waals surface area contributed by atoms with E-state index in [1.807, 2.05) is 13.0 Å². The number of aromatic nitrogens is 2. The topological polar surface area (TPSA) is 111 Å². The second kappa shape index (κ2) is 17.0. The van der Waals surface area contributed by atoms with Crippen LogP contribution in [0.5, 0.6) is 28.7 Å². The second-order valence-corrected chi connectivity index (χ2v) is 12.1. The molecule has 0 radical (unpaired) electrons. The fourth-order valence-electron chi connectivity index (χ4n) is 5.60. The van der Waals surface area contributed by atoms with Crippen LogP contribution in [0.2, 0.25) is 0 Å². The van der Waals surface area contributed by atoms with Gasteiger partial charge in [0.15, 0.2) is 23.1 Å². The molecule has 0 atom stereocenters. The predicted octanol–water partition coefficient (Wildman–Crippen LogP) is 6.30. The Morgan fingerprint density at radius 2 is 1.64 bits per heavy atom. The first-order valence-electron chi connectivity index (χ1n) is 16.5. The van der Waals surface area contributed by atoms with Gasteiger partial charge in [-0.2, -0.15) is 4.98 Å². The Hall–Kier alpha value is -5.14. The van der Waals surface area contributed by atoms with E-state index in [2.05, 4.69) is 38.9 Å². The molecule has 2 heterocycles. The van der Waals surface area contributed by atoms with Crippen LogP contribution in [0.15, 0.2) is 66.9 Å². The van der Waals surface area contributed by atoms with Crippen LogP contribution >= 0.6 is 0 Å². The number of amides is 1. The normalized spacial score (nSPS) is 13.5. The maximum absolute atomic E-state index is 15.1. The van der Waals surface area contributed by atoms with E-state index in [-0.39, 0.29) is 29.8 Å². The molecular weight excluding hydrogens is 643 g/mol. The number of rotatable bonds is 14. The SMILES string of the molecule is COc1ccc(OC)c(CN(C(=O)Oc2cc(C)ccc2OC)c2ccnc(Nc3ccc(OCCN4CCN(C(C)C)CC4)c(F)c3)n2)c1. The number of methoxy groups -OCH3 is 3. The number of benzene rings is 3. The molecule has 1 fully saturated rings. The van der Waals surface area contributed by atoms with Crippen molar-refractivity contribution in [2.24, 2.45) is 0 Å². The van der Waals surface area contributed by atoms with E-state index in [1.165, 1.54) is 24.3 Å². The summed E-state index contributed by atoms with van der Waals surface area (Å²) in [6, 6.07) is 17.3. The highest BCUT2D eigenvalue weighted by atomic mass is 19.1. The van der Waals surface area contributed by atoms with E-state index in [9.17, 15) is 4.79 Å². The van der Waals surface area contributed by atoms with Crippen molar-refractivity contribution in [2.75, 3.05) is 70.9 Å². The zero-order valence-electron chi connectivity index (χ0n) is 29.4. The summed E-state index contributed by atoms with van der Waals surface area (Å²) in [7, 11) is 4.60. The number of piperazine rings is 1. The Kier molecular flexibility index (Phi) is 12.3. The summed E-state index contributed by atoms with van der Waals surface area (Å²) in [4.78, 5) is 28.9. The molecule has 1 amide bonds. The molecule has 266 valence electrons. The van der Waals surface area contributed by atoms with Gasteiger partial charge < -0.3 is 29.0 Å². The minimum atomic E-state index is -0.724. The van der Waals surface area contributed by atoms with E-state index in [4.69, 9.17) is 23.7 Å². The molecular formula is C37H45FN6O6. The number of nitrogens with zero attached hydrogens (tertiary/aromatic N) is 5. The van der Waals surface area contributed by atoms with E-state index in [0.717, 1.165) is 38.3 Å². The van der Waals surface area contributed by atoms with Gasteiger partial charge in [0.1, 0.15) is 23.9 Å². The third-order valence-corrected chi connectivity index (χ3v) is 8.46. The van der Waals surface area contributed by atoms with Gasteiger partial charge in [0.05, 0.1) is 27.9 Å². The fraction of sp³-hybridized carbons (Fsp3) is 0.378. The summed E-state index contributed by atoms with van der Waals surface area (Å²) >= 11 is 0. The molecule has 1 saturated heterocycles. The summed E-state index contributed by atoms with van der Waals surface area (Å²) in [5.74, 6) is 1.77. The molecule has 0 unspecified atom stereocenters.